The fourth-order valence-corrected chi connectivity index (χ4v) is 4.76. The van der Waals surface area contributed by atoms with Crippen LogP contribution in [0.2, 0.25) is 5.02 Å². The Labute approximate surface area is 136 Å². The van der Waals surface area contributed by atoms with E-state index in [2.05, 4.69) is 5.32 Å². The quantitative estimate of drug-likeness (QED) is 0.853. The second-order valence-corrected chi connectivity index (χ2v) is 8.26. The van der Waals surface area contributed by atoms with E-state index in [4.69, 9.17) is 23.8 Å². The molecule has 7 heteroatoms. The van der Waals surface area contributed by atoms with Crippen molar-refractivity contribution in [2.75, 3.05) is 23.4 Å². The van der Waals surface area contributed by atoms with Crippen LogP contribution in [0.3, 0.4) is 0 Å². The Balaban J connectivity index is 2.08. The second-order valence-electron chi connectivity index (χ2n) is 5.24. The first-order valence-electron chi connectivity index (χ1n) is 6.86. The van der Waals surface area contributed by atoms with E-state index >= 15 is 0 Å². The molecule has 21 heavy (non-hydrogen) atoms. The number of sulfone groups is 1. The van der Waals surface area contributed by atoms with Crippen molar-refractivity contribution in [3.8, 4) is 0 Å². The largest absolute Gasteiger partial charge is 0.345 e. The van der Waals surface area contributed by atoms with Gasteiger partial charge in [-0.25, -0.2) is 8.42 Å². The van der Waals surface area contributed by atoms with Crippen LogP contribution in [-0.4, -0.2) is 42.5 Å². The van der Waals surface area contributed by atoms with Crippen molar-refractivity contribution in [2.24, 2.45) is 0 Å². The van der Waals surface area contributed by atoms with Crippen LogP contribution in [0.15, 0.2) is 18.2 Å². The van der Waals surface area contributed by atoms with Gasteiger partial charge < -0.3 is 10.2 Å². The minimum Gasteiger partial charge on any atom is -0.345 e. The van der Waals surface area contributed by atoms with Crippen molar-refractivity contribution in [1.29, 1.82) is 0 Å². The van der Waals surface area contributed by atoms with Gasteiger partial charge in [0, 0.05) is 23.3 Å². The molecule has 2 rings (SSSR count). The predicted molar refractivity (Wildman–Crippen MR) is 91.8 cm³/mol. The number of nitrogens with zero attached hydrogens (tertiary/aromatic N) is 1. The molecule has 0 bridgehead atoms. The highest BCUT2D eigenvalue weighted by molar-refractivity contribution is 7.91. The third-order valence-electron chi connectivity index (χ3n) is 3.67. The van der Waals surface area contributed by atoms with Gasteiger partial charge in [-0.05, 0) is 50.2 Å². The van der Waals surface area contributed by atoms with Gasteiger partial charge in [0.1, 0.15) is 0 Å². The van der Waals surface area contributed by atoms with Gasteiger partial charge in [-0.15, -0.1) is 0 Å². The lowest BCUT2D eigenvalue weighted by molar-refractivity contribution is 0.355. The Morgan fingerprint density at radius 2 is 2.24 bits per heavy atom. The van der Waals surface area contributed by atoms with Crippen molar-refractivity contribution in [2.45, 2.75) is 26.3 Å². The summed E-state index contributed by atoms with van der Waals surface area (Å²) >= 11 is 11.5. The van der Waals surface area contributed by atoms with Crippen molar-refractivity contribution < 1.29 is 8.42 Å². The van der Waals surface area contributed by atoms with Crippen molar-refractivity contribution in [3.05, 3.63) is 28.8 Å². The molecule has 0 aromatic heterocycles. The Morgan fingerprint density at radius 1 is 1.52 bits per heavy atom. The summed E-state index contributed by atoms with van der Waals surface area (Å²) in [6.45, 7) is 4.58. The first kappa shape index (κ1) is 16.5. The summed E-state index contributed by atoms with van der Waals surface area (Å²) in [6.07, 6.45) is 0.632. The number of aryl methyl sites for hydroxylation is 1. The Kier molecular flexibility index (Phi) is 5.11. The Hall–Kier alpha value is -0.850. The van der Waals surface area contributed by atoms with Gasteiger partial charge in [-0.1, -0.05) is 17.7 Å². The summed E-state index contributed by atoms with van der Waals surface area (Å²) in [7, 11) is -2.92. The fraction of sp³-hybridized carbons (Fsp3) is 0.500. The van der Waals surface area contributed by atoms with Crippen LogP contribution >= 0.6 is 23.8 Å². The van der Waals surface area contributed by atoms with Gasteiger partial charge in [-0.3, -0.25) is 0 Å². The Morgan fingerprint density at radius 3 is 2.76 bits per heavy atom. The maximum Gasteiger partial charge on any atom is 0.173 e. The standard InChI is InChI=1S/C14H19ClN2O2S2/c1-3-17(12-6-7-21(18,19)9-12)14(20)16-11-5-4-10(2)13(15)8-11/h4-5,8,12H,3,6-7,9H2,1-2H3,(H,16,20)/t12-/m0/s1. The van der Waals surface area contributed by atoms with Gasteiger partial charge in [0.2, 0.25) is 0 Å². The van der Waals surface area contributed by atoms with E-state index in [1.165, 1.54) is 0 Å². The molecule has 0 aliphatic carbocycles. The zero-order valence-corrected chi connectivity index (χ0v) is 14.5. The molecule has 1 N–H and O–H groups in total. The Bertz CT molecular complexity index is 646. The van der Waals surface area contributed by atoms with Crippen LogP contribution in [0.1, 0.15) is 18.9 Å². The molecule has 1 aromatic carbocycles. The summed E-state index contributed by atoms with van der Waals surface area (Å²) in [6, 6.07) is 5.61. The minimum atomic E-state index is -2.92. The molecule has 1 aromatic rings. The van der Waals surface area contributed by atoms with Gasteiger partial charge in [0.15, 0.2) is 14.9 Å². The molecule has 1 saturated heterocycles. The fourth-order valence-electron chi connectivity index (χ4n) is 2.45. The molecule has 0 spiro atoms. The van der Waals surface area contributed by atoms with Crippen LogP contribution in [0.25, 0.3) is 0 Å². The zero-order chi connectivity index (χ0) is 15.6. The van der Waals surface area contributed by atoms with E-state index in [1.807, 2.05) is 36.9 Å². The molecule has 116 valence electrons. The molecule has 0 saturated carbocycles. The molecule has 0 radical (unpaired) electrons. The number of hydrogen-bond donors (Lipinski definition) is 1. The predicted octanol–water partition coefficient (Wildman–Crippen LogP) is 2.85. The molecule has 1 heterocycles. The van der Waals surface area contributed by atoms with Crippen molar-refractivity contribution in [1.82, 2.24) is 4.90 Å². The number of anilines is 1. The van der Waals surface area contributed by atoms with Crippen molar-refractivity contribution >= 4 is 44.5 Å². The van der Waals surface area contributed by atoms with Crippen molar-refractivity contribution in [3.63, 3.8) is 0 Å². The number of rotatable bonds is 3. The monoisotopic (exact) mass is 346 g/mol. The number of halogens is 1. The van der Waals surface area contributed by atoms with Crippen LogP contribution in [0, 0.1) is 6.92 Å². The summed E-state index contributed by atoms with van der Waals surface area (Å²) in [5.41, 5.74) is 1.82. The lowest BCUT2D eigenvalue weighted by Gasteiger charge is -2.29. The summed E-state index contributed by atoms with van der Waals surface area (Å²) in [5, 5.41) is 4.36. The second kappa shape index (κ2) is 6.50. The SMILES string of the molecule is CCN(C(=S)Nc1ccc(C)c(Cl)c1)[C@H]1CCS(=O)(=O)C1. The highest BCUT2D eigenvalue weighted by Crippen LogP contribution is 2.22. The van der Waals surface area contributed by atoms with E-state index in [-0.39, 0.29) is 17.5 Å². The average molecular weight is 347 g/mol. The topological polar surface area (TPSA) is 49.4 Å². The first-order valence-corrected chi connectivity index (χ1v) is 9.47. The molecular weight excluding hydrogens is 328 g/mol. The normalized spacial score (nSPS) is 20.2. The lowest BCUT2D eigenvalue weighted by atomic mass is 10.2. The van der Waals surface area contributed by atoms with Gasteiger partial charge >= 0.3 is 0 Å². The van der Waals surface area contributed by atoms with Crippen LogP contribution < -0.4 is 5.32 Å². The third-order valence-corrected chi connectivity index (χ3v) is 6.17. The average Bonchev–Trinajstić information content (AvgIpc) is 2.75. The first-order chi connectivity index (χ1) is 9.82. The molecule has 1 fully saturated rings. The summed E-state index contributed by atoms with van der Waals surface area (Å²) in [5.74, 6) is 0.421. The van der Waals surface area contributed by atoms with E-state index in [0.29, 0.717) is 23.1 Å². The van der Waals surface area contributed by atoms with E-state index in [9.17, 15) is 8.42 Å². The van der Waals surface area contributed by atoms with E-state index < -0.39 is 9.84 Å². The number of thiocarbonyl (C=S) groups is 1. The van der Waals surface area contributed by atoms with Crippen LogP contribution in [-0.2, 0) is 9.84 Å². The molecule has 1 aliphatic rings. The molecule has 0 unspecified atom stereocenters. The lowest BCUT2D eigenvalue weighted by Crippen LogP contribution is -2.43. The zero-order valence-electron chi connectivity index (χ0n) is 12.1. The maximum atomic E-state index is 11.6. The maximum absolute atomic E-state index is 11.6. The highest BCUT2D eigenvalue weighted by atomic mass is 35.5. The molecule has 0 amide bonds. The number of hydrogen-bond acceptors (Lipinski definition) is 3. The molecule has 1 aliphatic heterocycles. The molecule has 1 atom stereocenters. The summed E-state index contributed by atoms with van der Waals surface area (Å²) < 4.78 is 23.2. The molecule has 4 nitrogen and oxygen atoms in total. The summed E-state index contributed by atoms with van der Waals surface area (Å²) in [4.78, 5) is 1.94. The highest BCUT2D eigenvalue weighted by Gasteiger charge is 2.32. The van der Waals surface area contributed by atoms with Gasteiger partial charge in [0.25, 0.3) is 0 Å². The van der Waals surface area contributed by atoms with Gasteiger partial charge in [-0.2, -0.15) is 0 Å². The minimum absolute atomic E-state index is 0.0408. The molecular formula is C14H19ClN2O2S2. The third kappa shape index (κ3) is 4.08. The van der Waals surface area contributed by atoms with Gasteiger partial charge in [0.05, 0.1) is 11.5 Å². The van der Waals surface area contributed by atoms with E-state index in [0.717, 1.165) is 11.3 Å². The number of nitrogens with one attached hydrogen (secondary N) is 1. The van der Waals surface area contributed by atoms with Crippen LogP contribution in [0.4, 0.5) is 5.69 Å². The smallest absolute Gasteiger partial charge is 0.173 e. The van der Waals surface area contributed by atoms with Crippen LogP contribution in [0.5, 0.6) is 0 Å². The van der Waals surface area contributed by atoms with E-state index in [1.54, 1.807) is 0 Å². The number of benzene rings is 1.